The van der Waals surface area contributed by atoms with E-state index in [0.717, 1.165) is 51.4 Å². The molecule has 4 unspecified atom stereocenters. The molecule has 0 radical (unpaired) electrons. The van der Waals surface area contributed by atoms with Gasteiger partial charge < -0.3 is 65.1 Å². The molecule has 2 rings (SSSR count). The normalized spacial score (nSPS) is 25.9. The fourth-order valence-corrected chi connectivity index (χ4v) is 10.1. The third-order valence-electron chi connectivity index (χ3n) is 14.8. The average Bonchev–Trinajstić information content (AvgIpc) is 3.36. The summed E-state index contributed by atoms with van der Waals surface area (Å²) in [5.74, 6) is -0.201. The number of amides is 1. The Morgan fingerprint density at radius 2 is 0.814 bits per heavy atom. The van der Waals surface area contributed by atoms with Gasteiger partial charge in [0, 0.05) is 6.42 Å². The predicted molar refractivity (Wildman–Crippen MR) is 277 cm³/mol. The molecule has 1 amide bonds. The van der Waals surface area contributed by atoms with E-state index in [4.69, 9.17) is 18.9 Å². The van der Waals surface area contributed by atoms with Crippen molar-refractivity contribution in [3.05, 3.63) is 0 Å². The zero-order valence-electron chi connectivity index (χ0n) is 44.5. The fourth-order valence-electron chi connectivity index (χ4n) is 10.1. The molecular weight excluding hydrogens is 895 g/mol. The van der Waals surface area contributed by atoms with Crippen LogP contribution in [-0.4, -0.2) is 140 Å². The van der Waals surface area contributed by atoms with Gasteiger partial charge in [0.25, 0.3) is 0 Å². The van der Waals surface area contributed by atoms with Crippen LogP contribution in [0.15, 0.2) is 0 Å². The van der Waals surface area contributed by atoms with Gasteiger partial charge in [0.2, 0.25) is 5.91 Å². The Bertz CT molecular complexity index is 1180. The van der Waals surface area contributed by atoms with Crippen LogP contribution in [0.1, 0.15) is 258 Å². The van der Waals surface area contributed by atoms with Crippen molar-refractivity contribution in [3.63, 3.8) is 0 Å². The van der Waals surface area contributed by atoms with Crippen LogP contribution in [0.2, 0.25) is 0 Å². The Labute approximate surface area is 425 Å². The van der Waals surface area contributed by atoms with Gasteiger partial charge >= 0.3 is 0 Å². The van der Waals surface area contributed by atoms with Gasteiger partial charge in [0.05, 0.1) is 32.0 Å². The number of carbonyl (C=O) groups is 1. The molecule has 14 nitrogen and oxygen atoms in total. The highest BCUT2D eigenvalue weighted by molar-refractivity contribution is 5.76. The smallest absolute Gasteiger partial charge is 0.220 e. The Morgan fingerprint density at radius 3 is 1.21 bits per heavy atom. The Hall–Kier alpha value is -1.01. The standard InChI is InChI=1S/C56H109NO13/c1-3-5-7-9-11-13-15-17-19-21-22-23-24-26-28-30-32-34-36-38-40-48(61)57-44(45(60)39-37-35-33-31-29-27-25-20-18-16-14-12-10-8-6-4-2)43-67-55-53(66)51(64)54(47(42-59)69-55)70-56-52(65)50(63)49(62)46(41-58)68-56/h44-47,49-56,58-60,62-66H,3-43H2,1-2H3,(H,57,61)/t44-,45+,46+,47+,49-,50?,51?,52?,53?,54+,55+,56-/m0/s1. The van der Waals surface area contributed by atoms with E-state index < -0.39 is 86.8 Å². The number of ether oxygens (including phenoxy) is 4. The average molecular weight is 1000 g/mol. The molecular formula is C56H109NO13. The van der Waals surface area contributed by atoms with Gasteiger partial charge in [-0.15, -0.1) is 0 Å². The molecule has 14 heteroatoms. The maximum absolute atomic E-state index is 13.3. The van der Waals surface area contributed by atoms with Crippen LogP contribution in [-0.2, 0) is 23.7 Å². The molecule has 416 valence electrons. The van der Waals surface area contributed by atoms with Crippen LogP contribution >= 0.6 is 0 Å². The monoisotopic (exact) mass is 1000 g/mol. The van der Waals surface area contributed by atoms with Crippen molar-refractivity contribution in [2.24, 2.45) is 0 Å². The van der Waals surface area contributed by atoms with Crippen LogP contribution in [0.3, 0.4) is 0 Å². The number of carbonyl (C=O) groups excluding carboxylic acids is 1. The lowest BCUT2D eigenvalue weighted by atomic mass is 9.97. The lowest BCUT2D eigenvalue weighted by molar-refractivity contribution is -0.359. The highest BCUT2D eigenvalue weighted by atomic mass is 16.7. The lowest BCUT2D eigenvalue weighted by Crippen LogP contribution is -2.65. The van der Waals surface area contributed by atoms with Gasteiger partial charge in [-0.2, -0.15) is 0 Å². The first-order chi connectivity index (χ1) is 34.1. The summed E-state index contributed by atoms with van der Waals surface area (Å²) in [4.78, 5) is 13.3. The van der Waals surface area contributed by atoms with Gasteiger partial charge in [0.1, 0.15) is 48.8 Å². The van der Waals surface area contributed by atoms with Crippen molar-refractivity contribution in [3.8, 4) is 0 Å². The first-order valence-corrected chi connectivity index (χ1v) is 29.3. The fraction of sp³-hybridized carbons (Fsp3) is 0.982. The van der Waals surface area contributed by atoms with Crippen molar-refractivity contribution in [2.45, 2.75) is 331 Å². The summed E-state index contributed by atoms with van der Waals surface area (Å²) in [6.07, 6.45) is 29.5. The zero-order valence-corrected chi connectivity index (χ0v) is 44.5. The minimum atomic E-state index is -1.78. The van der Waals surface area contributed by atoms with Gasteiger partial charge in [-0.25, -0.2) is 0 Å². The number of hydrogen-bond acceptors (Lipinski definition) is 13. The SMILES string of the molecule is CCCCCCCCCCCCCCCCCCCCCCC(=O)N[C@@H](CO[C@@H]1O[C@H](CO)[C@@H](O[C@@H]2O[C@H](CO)[C@H](O)C(O)C2O)C(O)C1O)[C@H](O)CCCCCCCCCCCCCCCCCC. The Morgan fingerprint density at radius 1 is 0.457 bits per heavy atom. The van der Waals surface area contributed by atoms with Crippen LogP contribution in [0.25, 0.3) is 0 Å². The molecule has 2 aliphatic heterocycles. The topological polar surface area (TPSA) is 228 Å². The summed E-state index contributed by atoms with van der Waals surface area (Å²) in [6, 6.07) is -0.822. The predicted octanol–water partition coefficient (Wildman–Crippen LogP) is 9.34. The number of aliphatic hydroxyl groups is 8. The molecule has 0 aromatic carbocycles. The van der Waals surface area contributed by atoms with Crippen molar-refractivity contribution in [1.82, 2.24) is 5.32 Å². The van der Waals surface area contributed by atoms with E-state index >= 15 is 0 Å². The van der Waals surface area contributed by atoms with Gasteiger partial charge in [-0.1, -0.05) is 239 Å². The van der Waals surface area contributed by atoms with E-state index in [0.29, 0.717) is 12.8 Å². The second-order valence-corrected chi connectivity index (χ2v) is 21.1. The van der Waals surface area contributed by atoms with Crippen molar-refractivity contribution >= 4 is 5.91 Å². The van der Waals surface area contributed by atoms with Gasteiger partial charge in [-0.3, -0.25) is 4.79 Å². The number of rotatable bonds is 47. The van der Waals surface area contributed by atoms with E-state index in [1.165, 1.54) is 180 Å². The molecule has 2 aliphatic rings. The first kappa shape index (κ1) is 65.1. The zero-order chi connectivity index (χ0) is 51.0. The minimum Gasteiger partial charge on any atom is -0.394 e. The highest BCUT2D eigenvalue weighted by Crippen LogP contribution is 2.30. The second kappa shape index (κ2) is 43.3. The summed E-state index contributed by atoms with van der Waals surface area (Å²) in [6.45, 7) is 2.89. The molecule has 70 heavy (non-hydrogen) atoms. The van der Waals surface area contributed by atoms with Crippen molar-refractivity contribution in [1.29, 1.82) is 0 Å². The molecule has 0 bridgehead atoms. The quantitative estimate of drug-likeness (QED) is 0.0259. The Balaban J connectivity index is 1.76. The van der Waals surface area contributed by atoms with E-state index in [1.54, 1.807) is 0 Å². The lowest BCUT2D eigenvalue weighted by Gasteiger charge is -2.46. The summed E-state index contributed by atoms with van der Waals surface area (Å²) in [5, 5.41) is 87.2. The van der Waals surface area contributed by atoms with E-state index in [9.17, 15) is 45.6 Å². The van der Waals surface area contributed by atoms with E-state index in [-0.39, 0.29) is 12.5 Å². The molecule has 12 atom stereocenters. The van der Waals surface area contributed by atoms with Gasteiger partial charge in [-0.05, 0) is 12.8 Å². The van der Waals surface area contributed by atoms with Gasteiger partial charge in [0.15, 0.2) is 12.6 Å². The summed E-state index contributed by atoms with van der Waals surface area (Å²) < 4.78 is 22.8. The third kappa shape index (κ3) is 29.2. The van der Waals surface area contributed by atoms with E-state index in [1.807, 2.05) is 0 Å². The third-order valence-corrected chi connectivity index (χ3v) is 14.8. The number of hydrogen-bond donors (Lipinski definition) is 9. The number of nitrogens with one attached hydrogen (secondary N) is 1. The first-order valence-electron chi connectivity index (χ1n) is 29.3. The maximum atomic E-state index is 13.3. The summed E-state index contributed by atoms with van der Waals surface area (Å²) in [7, 11) is 0. The Kier molecular flexibility index (Phi) is 40.2. The summed E-state index contributed by atoms with van der Waals surface area (Å²) >= 11 is 0. The molecule has 2 saturated heterocycles. The van der Waals surface area contributed by atoms with Crippen molar-refractivity contribution < 1.29 is 64.6 Å². The molecule has 9 N–H and O–H groups in total. The van der Waals surface area contributed by atoms with Crippen LogP contribution in [0.5, 0.6) is 0 Å². The molecule has 0 saturated carbocycles. The number of unbranched alkanes of at least 4 members (excludes halogenated alkanes) is 34. The van der Waals surface area contributed by atoms with Crippen LogP contribution in [0, 0.1) is 0 Å². The largest absolute Gasteiger partial charge is 0.394 e. The van der Waals surface area contributed by atoms with Crippen LogP contribution in [0.4, 0.5) is 0 Å². The molecule has 0 aromatic heterocycles. The van der Waals surface area contributed by atoms with E-state index in [2.05, 4.69) is 19.2 Å². The van der Waals surface area contributed by atoms with Crippen LogP contribution < -0.4 is 5.32 Å². The number of aliphatic hydroxyl groups excluding tert-OH is 8. The summed E-state index contributed by atoms with van der Waals surface area (Å²) in [5.41, 5.74) is 0. The highest BCUT2D eigenvalue weighted by Gasteiger charge is 2.51. The maximum Gasteiger partial charge on any atom is 0.220 e. The molecule has 0 aromatic rings. The minimum absolute atomic E-state index is 0.201. The molecule has 2 heterocycles. The molecule has 0 spiro atoms. The molecule has 2 fully saturated rings. The van der Waals surface area contributed by atoms with Crippen molar-refractivity contribution in [2.75, 3.05) is 19.8 Å². The second-order valence-electron chi connectivity index (χ2n) is 21.1. The molecule has 0 aliphatic carbocycles.